The molecule has 0 bridgehead atoms. The Bertz CT molecular complexity index is 1730. The lowest BCUT2D eigenvalue weighted by molar-refractivity contribution is -0.136. The highest BCUT2D eigenvalue weighted by atomic mass is 79.9. The zero-order valence-corrected chi connectivity index (χ0v) is 28.8. The first-order valence-electron chi connectivity index (χ1n) is 15.2. The van der Waals surface area contributed by atoms with Gasteiger partial charge in [-0.25, -0.2) is 14.4 Å². The zero-order chi connectivity index (χ0) is 35.5. The lowest BCUT2D eigenvalue weighted by Gasteiger charge is -2.28. The third kappa shape index (κ3) is 9.64. The number of aliphatic hydroxyl groups excluding tert-OH is 1. The van der Waals surface area contributed by atoms with Crippen LogP contribution in [0, 0.1) is 0 Å². The summed E-state index contributed by atoms with van der Waals surface area (Å²) in [6.07, 6.45) is 0.295. The molecule has 1 aliphatic rings. The largest absolute Gasteiger partial charge is 0.490 e. The fourth-order valence-corrected chi connectivity index (χ4v) is 5.36. The summed E-state index contributed by atoms with van der Waals surface area (Å²) in [4.78, 5) is 35.8. The van der Waals surface area contributed by atoms with Gasteiger partial charge in [0.05, 0.1) is 48.2 Å². The molecular formula is C34H37BrN4O10. The molecule has 0 saturated heterocycles. The Morgan fingerprint density at radius 3 is 2.39 bits per heavy atom. The molecule has 2 atom stereocenters. The number of benzene rings is 3. The molecule has 0 spiro atoms. The van der Waals surface area contributed by atoms with E-state index in [0.29, 0.717) is 57.5 Å². The molecule has 2 amide bonds. The lowest BCUT2D eigenvalue weighted by atomic mass is 9.95. The van der Waals surface area contributed by atoms with E-state index in [-0.39, 0.29) is 24.4 Å². The minimum Gasteiger partial charge on any atom is -0.490 e. The zero-order valence-electron chi connectivity index (χ0n) is 27.2. The van der Waals surface area contributed by atoms with Crippen LogP contribution < -0.4 is 35.0 Å². The van der Waals surface area contributed by atoms with Crippen LogP contribution in [0.4, 0.5) is 4.79 Å². The van der Waals surface area contributed by atoms with Gasteiger partial charge in [-0.15, -0.1) is 0 Å². The predicted octanol–water partition coefficient (Wildman–Crippen LogP) is 4.65. The molecule has 1 heterocycles. The second-order valence-electron chi connectivity index (χ2n) is 10.5. The SMILES string of the molecule is CCOc1cc([C@H]2NC(=O)NC(C)=C2C(=O)OC)ccc1OC[C@H](O)N/N=C\c1cc(Br)c(OCc2ccc(C(=O)O)cc2)c(OCC)c1. The van der Waals surface area contributed by atoms with E-state index >= 15 is 0 Å². The fraction of sp³-hybridized carbons (Fsp3) is 0.294. The highest BCUT2D eigenvalue weighted by Gasteiger charge is 2.32. The van der Waals surface area contributed by atoms with Crippen molar-refractivity contribution in [2.24, 2.45) is 5.10 Å². The summed E-state index contributed by atoms with van der Waals surface area (Å²) in [5.41, 5.74) is 5.42. The number of hydrogen-bond acceptors (Lipinski definition) is 11. The number of carbonyl (C=O) groups is 3. The molecule has 3 aromatic carbocycles. The van der Waals surface area contributed by atoms with Crippen LogP contribution >= 0.6 is 15.9 Å². The van der Waals surface area contributed by atoms with Gasteiger partial charge < -0.3 is 44.5 Å². The Labute approximate surface area is 291 Å². The van der Waals surface area contributed by atoms with Crippen molar-refractivity contribution < 1.29 is 48.3 Å². The van der Waals surface area contributed by atoms with E-state index in [1.807, 2.05) is 6.92 Å². The van der Waals surface area contributed by atoms with Crippen molar-refractivity contribution in [3.63, 3.8) is 0 Å². The summed E-state index contributed by atoms with van der Waals surface area (Å²) < 4.78 is 28.9. The van der Waals surface area contributed by atoms with Crippen molar-refractivity contribution in [1.82, 2.24) is 16.1 Å². The maximum Gasteiger partial charge on any atom is 0.337 e. The van der Waals surface area contributed by atoms with E-state index in [2.05, 4.69) is 37.1 Å². The summed E-state index contributed by atoms with van der Waals surface area (Å²) >= 11 is 3.52. The number of hydrazone groups is 1. The Kier molecular flexibility index (Phi) is 12.8. The van der Waals surface area contributed by atoms with E-state index < -0.39 is 30.2 Å². The summed E-state index contributed by atoms with van der Waals surface area (Å²) in [6.45, 7) is 5.94. The summed E-state index contributed by atoms with van der Waals surface area (Å²) in [5, 5.41) is 29.1. The van der Waals surface area contributed by atoms with Gasteiger partial charge in [0, 0.05) is 5.70 Å². The molecular weight excluding hydrogens is 704 g/mol. The van der Waals surface area contributed by atoms with Crippen molar-refractivity contribution in [2.45, 2.75) is 39.6 Å². The van der Waals surface area contributed by atoms with Gasteiger partial charge in [-0.2, -0.15) is 5.10 Å². The number of methoxy groups -OCH3 is 1. The van der Waals surface area contributed by atoms with Gasteiger partial charge in [-0.1, -0.05) is 18.2 Å². The standard InChI is InChI=1S/C34H37BrN4O10/c1-5-46-26-15-23(30-29(33(43)45-4)19(3)37-34(44)38-30)11-12-25(26)48-18-28(40)39-36-16-21-13-24(35)31(27(14-21)47-6-2)49-17-20-7-9-22(10-8-20)32(41)42/h7-16,28,30,39-40H,5-6,17-18H2,1-4H3,(H,41,42)(H2,37,38,44)/b36-16-/t28-,30+/m0/s1. The Morgan fingerprint density at radius 1 is 1.00 bits per heavy atom. The first-order chi connectivity index (χ1) is 23.5. The van der Waals surface area contributed by atoms with Crippen LogP contribution in [-0.4, -0.2) is 67.6 Å². The predicted molar refractivity (Wildman–Crippen MR) is 182 cm³/mol. The second-order valence-corrected chi connectivity index (χ2v) is 11.3. The molecule has 260 valence electrons. The number of allylic oxidation sites excluding steroid dienone is 1. The number of ether oxygens (including phenoxy) is 5. The highest BCUT2D eigenvalue weighted by molar-refractivity contribution is 9.10. The number of hydrogen-bond donors (Lipinski definition) is 5. The number of nitrogens with one attached hydrogen (secondary N) is 3. The van der Waals surface area contributed by atoms with E-state index in [1.165, 1.54) is 25.5 Å². The topological polar surface area (TPSA) is 186 Å². The molecule has 14 nitrogen and oxygen atoms in total. The van der Waals surface area contributed by atoms with Crippen molar-refractivity contribution in [3.05, 3.63) is 92.6 Å². The van der Waals surface area contributed by atoms with Crippen LogP contribution in [0.15, 0.2) is 75.4 Å². The first kappa shape index (κ1) is 36.6. The molecule has 4 rings (SSSR count). The third-order valence-electron chi connectivity index (χ3n) is 7.03. The van der Waals surface area contributed by atoms with Gasteiger partial charge in [0.25, 0.3) is 0 Å². The van der Waals surface area contributed by atoms with Gasteiger partial charge >= 0.3 is 18.0 Å². The van der Waals surface area contributed by atoms with Crippen LogP contribution in [-0.2, 0) is 16.1 Å². The molecule has 0 saturated carbocycles. The van der Waals surface area contributed by atoms with Gasteiger partial charge in [0.2, 0.25) is 0 Å². The third-order valence-corrected chi connectivity index (χ3v) is 7.61. The normalized spacial score (nSPS) is 14.8. The number of amides is 2. The maximum absolute atomic E-state index is 12.5. The molecule has 1 aliphatic heterocycles. The summed E-state index contributed by atoms with van der Waals surface area (Å²) in [7, 11) is 1.26. The van der Waals surface area contributed by atoms with Crippen LogP contribution in [0.1, 0.15) is 53.9 Å². The molecule has 15 heteroatoms. The molecule has 3 aromatic rings. The van der Waals surface area contributed by atoms with Crippen LogP contribution in [0.25, 0.3) is 0 Å². The van der Waals surface area contributed by atoms with Crippen molar-refractivity contribution in [2.75, 3.05) is 26.9 Å². The van der Waals surface area contributed by atoms with Crippen LogP contribution in [0.5, 0.6) is 23.0 Å². The number of esters is 1. The first-order valence-corrected chi connectivity index (χ1v) is 16.0. The quantitative estimate of drug-likeness (QED) is 0.0596. The molecule has 5 N–H and O–H groups in total. The average Bonchev–Trinajstić information content (AvgIpc) is 3.07. The van der Waals surface area contributed by atoms with Crippen molar-refractivity contribution in [3.8, 4) is 23.0 Å². The number of rotatable bonds is 16. The van der Waals surface area contributed by atoms with Crippen molar-refractivity contribution in [1.29, 1.82) is 0 Å². The minimum absolute atomic E-state index is 0.188. The maximum atomic E-state index is 12.5. The number of aliphatic hydroxyl groups is 1. The molecule has 0 aromatic heterocycles. The summed E-state index contributed by atoms with van der Waals surface area (Å²) in [6, 6.07) is 13.6. The van der Waals surface area contributed by atoms with E-state index in [1.54, 1.807) is 56.3 Å². The van der Waals surface area contributed by atoms with Crippen LogP contribution in [0.2, 0.25) is 0 Å². The van der Waals surface area contributed by atoms with E-state index in [4.69, 9.17) is 28.8 Å². The molecule has 0 aliphatic carbocycles. The number of halogens is 1. The molecule has 0 fully saturated rings. The molecule has 49 heavy (non-hydrogen) atoms. The van der Waals surface area contributed by atoms with Gasteiger partial charge in [0.15, 0.2) is 29.2 Å². The van der Waals surface area contributed by atoms with E-state index in [9.17, 15) is 19.5 Å². The van der Waals surface area contributed by atoms with Crippen LogP contribution in [0.3, 0.4) is 0 Å². The Morgan fingerprint density at radius 2 is 1.71 bits per heavy atom. The average molecular weight is 742 g/mol. The molecule has 0 unspecified atom stereocenters. The number of carboxylic acid groups (broad SMARTS) is 1. The number of carbonyl (C=O) groups excluding carboxylic acids is 2. The van der Waals surface area contributed by atoms with Gasteiger partial charge in [-0.3, -0.25) is 5.43 Å². The van der Waals surface area contributed by atoms with Gasteiger partial charge in [0.1, 0.15) is 13.2 Å². The molecule has 0 radical (unpaired) electrons. The lowest BCUT2D eigenvalue weighted by Crippen LogP contribution is -2.45. The number of urea groups is 1. The smallest absolute Gasteiger partial charge is 0.337 e. The number of nitrogens with zero attached hydrogens (tertiary/aromatic N) is 1. The van der Waals surface area contributed by atoms with Crippen molar-refractivity contribution >= 4 is 40.1 Å². The second kappa shape index (κ2) is 17.2. The number of aromatic carboxylic acids is 1. The van der Waals surface area contributed by atoms with E-state index in [0.717, 1.165) is 5.56 Å². The minimum atomic E-state index is -1.20. The Balaban J connectivity index is 1.39. The monoisotopic (exact) mass is 740 g/mol. The fourth-order valence-electron chi connectivity index (χ4n) is 4.78. The van der Waals surface area contributed by atoms with Gasteiger partial charge in [-0.05, 0) is 89.8 Å². The number of carboxylic acids is 1. The highest BCUT2D eigenvalue weighted by Crippen LogP contribution is 2.37. The summed E-state index contributed by atoms with van der Waals surface area (Å²) in [5.74, 6) is 0.0146. The Hall–Kier alpha value is -5.28.